The summed E-state index contributed by atoms with van der Waals surface area (Å²) in [4.78, 5) is 20.0. The minimum Gasteiger partial charge on any atom is -0.443 e. The third-order valence-electron chi connectivity index (χ3n) is 3.01. The van der Waals surface area contributed by atoms with Crippen LogP contribution in [0.2, 0.25) is 0 Å². The van der Waals surface area contributed by atoms with Crippen LogP contribution in [-0.4, -0.2) is 34.7 Å². The quantitative estimate of drug-likeness (QED) is 0.924. The monoisotopic (exact) mass is 316 g/mol. The van der Waals surface area contributed by atoms with Crippen molar-refractivity contribution in [3.8, 4) is 0 Å². The topological polar surface area (TPSA) is 57.7 Å². The molecule has 0 radical (unpaired) electrons. The molecule has 2 rings (SSSR count). The smallest absolute Gasteiger partial charge is 0.418 e. The van der Waals surface area contributed by atoms with E-state index in [1.165, 1.54) is 4.90 Å². The molecule has 0 saturated carbocycles. The maximum Gasteiger partial charge on any atom is 0.418 e. The molecule has 0 unspecified atom stereocenters. The van der Waals surface area contributed by atoms with Crippen molar-refractivity contribution in [2.45, 2.75) is 33.3 Å². The second-order valence-corrected chi connectivity index (χ2v) is 6.13. The number of pyridine rings is 1. The molecule has 0 aliphatic carbocycles. The van der Waals surface area contributed by atoms with Gasteiger partial charge in [-0.3, -0.25) is 4.90 Å². The van der Waals surface area contributed by atoms with Gasteiger partial charge >= 0.3 is 6.09 Å². The van der Waals surface area contributed by atoms with Crippen LogP contribution >= 0.6 is 0 Å². The molecule has 0 fully saturated rings. The van der Waals surface area contributed by atoms with E-state index in [2.05, 4.69) is 10.3 Å². The van der Waals surface area contributed by atoms with Crippen LogP contribution in [0.25, 0.3) is 0 Å². The summed E-state index contributed by atoms with van der Waals surface area (Å²) < 4.78 is 5.37. The second-order valence-electron chi connectivity index (χ2n) is 6.13. The van der Waals surface area contributed by atoms with Gasteiger partial charge in [-0.25, -0.2) is 9.78 Å². The van der Waals surface area contributed by atoms with E-state index in [9.17, 15) is 4.79 Å². The van der Waals surface area contributed by atoms with Crippen LogP contribution in [0.4, 0.5) is 16.3 Å². The van der Waals surface area contributed by atoms with Crippen LogP contribution in [0, 0.1) is 0 Å². The van der Waals surface area contributed by atoms with Gasteiger partial charge in [0, 0.05) is 37.9 Å². The molecule has 23 heavy (non-hydrogen) atoms. The van der Waals surface area contributed by atoms with Crippen molar-refractivity contribution < 1.29 is 9.53 Å². The third kappa shape index (κ3) is 4.74. The zero-order valence-electron chi connectivity index (χ0n) is 14.1. The number of ether oxygens (including phenoxy) is 1. The van der Waals surface area contributed by atoms with Crippen molar-refractivity contribution >= 4 is 17.6 Å². The Morgan fingerprint density at radius 1 is 1.35 bits per heavy atom. The molecule has 0 atom stereocenters. The number of anilines is 2. The normalized spacial score (nSPS) is 14.6. The van der Waals surface area contributed by atoms with E-state index in [1.54, 1.807) is 18.6 Å². The molecule has 0 aromatic carbocycles. The Labute approximate surface area is 137 Å². The van der Waals surface area contributed by atoms with Gasteiger partial charge in [-0.15, -0.1) is 0 Å². The van der Waals surface area contributed by atoms with Gasteiger partial charge in [0.05, 0.1) is 5.69 Å². The number of amides is 1. The van der Waals surface area contributed by atoms with Gasteiger partial charge in [0.1, 0.15) is 5.60 Å². The summed E-state index contributed by atoms with van der Waals surface area (Å²) in [5.74, 6) is 0.821. The predicted octanol–water partition coefficient (Wildman–Crippen LogP) is 3.56. The van der Waals surface area contributed by atoms with E-state index in [1.807, 2.05) is 57.0 Å². The number of carbonyl (C=O) groups excluding carboxylic acids is 1. The summed E-state index contributed by atoms with van der Waals surface area (Å²) in [6.07, 6.45) is 8.47. The van der Waals surface area contributed by atoms with Gasteiger partial charge < -0.3 is 15.0 Å². The summed E-state index contributed by atoms with van der Waals surface area (Å²) in [5, 5.41) is 3.29. The highest BCUT2D eigenvalue weighted by molar-refractivity contribution is 5.72. The Morgan fingerprint density at radius 2 is 2.13 bits per heavy atom. The molecule has 6 nitrogen and oxygen atoms in total. The van der Waals surface area contributed by atoms with Gasteiger partial charge in [-0.2, -0.15) is 0 Å². The van der Waals surface area contributed by atoms with Crippen LogP contribution < -0.4 is 10.2 Å². The minimum absolute atomic E-state index is 0.403. The number of nitrogens with one attached hydrogen (secondary N) is 1. The Kier molecular flexibility index (Phi) is 5.26. The Hall–Kier alpha value is -2.50. The molecule has 124 valence electrons. The summed E-state index contributed by atoms with van der Waals surface area (Å²) in [6, 6.07) is 3.88. The fraction of sp³-hybridized carbons (Fsp3) is 0.412. The van der Waals surface area contributed by atoms with Gasteiger partial charge in [-0.1, -0.05) is 0 Å². The van der Waals surface area contributed by atoms with E-state index in [0.717, 1.165) is 18.1 Å². The first-order valence-corrected chi connectivity index (χ1v) is 7.72. The highest BCUT2D eigenvalue weighted by Crippen LogP contribution is 2.24. The molecule has 2 heterocycles. The van der Waals surface area contributed by atoms with Crippen LogP contribution in [-0.2, 0) is 4.74 Å². The van der Waals surface area contributed by atoms with Crippen molar-refractivity contribution in [2.24, 2.45) is 0 Å². The maximum absolute atomic E-state index is 12.1. The van der Waals surface area contributed by atoms with Crippen molar-refractivity contribution in [1.82, 2.24) is 9.88 Å². The summed E-state index contributed by atoms with van der Waals surface area (Å²) in [7, 11) is 0. The SMILES string of the molecule is CCNc1cccnc1N1C=CN(C(=O)OC(C)(C)C)C=CC1. The fourth-order valence-electron chi connectivity index (χ4n) is 2.08. The average molecular weight is 316 g/mol. The highest BCUT2D eigenvalue weighted by atomic mass is 16.6. The van der Waals surface area contributed by atoms with E-state index >= 15 is 0 Å². The maximum atomic E-state index is 12.1. The lowest BCUT2D eigenvalue weighted by atomic mass is 10.2. The highest BCUT2D eigenvalue weighted by Gasteiger charge is 2.21. The third-order valence-corrected chi connectivity index (χ3v) is 3.01. The standard InChI is InChI=1S/C17H24N4O2/c1-5-18-14-8-6-9-19-15(14)20-10-7-11-21(13-12-20)16(22)23-17(2,3)4/h6-9,11-13,18H,5,10H2,1-4H3. The minimum atomic E-state index is -0.524. The molecule has 0 spiro atoms. The van der Waals surface area contributed by atoms with E-state index in [4.69, 9.17) is 4.74 Å². The van der Waals surface area contributed by atoms with Crippen molar-refractivity contribution in [3.63, 3.8) is 0 Å². The first kappa shape index (κ1) is 16.9. The van der Waals surface area contributed by atoms with Crippen LogP contribution in [0.3, 0.4) is 0 Å². The molecule has 1 aliphatic heterocycles. The van der Waals surface area contributed by atoms with Crippen LogP contribution in [0.1, 0.15) is 27.7 Å². The summed E-state index contributed by atoms with van der Waals surface area (Å²) >= 11 is 0. The molecular weight excluding hydrogens is 292 g/mol. The van der Waals surface area contributed by atoms with Gasteiger partial charge in [0.2, 0.25) is 0 Å². The largest absolute Gasteiger partial charge is 0.443 e. The van der Waals surface area contributed by atoms with E-state index in [0.29, 0.717) is 6.54 Å². The number of hydrogen-bond donors (Lipinski definition) is 1. The molecule has 1 aliphatic rings. The van der Waals surface area contributed by atoms with Gasteiger partial charge in [0.15, 0.2) is 5.82 Å². The predicted molar refractivity (Wildman–Crippen MR) is 92.1 cm³/mol. The number of aromatic nitrogens is 1. The lowest BCUT2D eigenvalue weighted by molar-refractivity contribution is 0.0400. The molecule has 0 bridgehead atoms. The van der Waals surface area contributed by atoms with E-state index in [-0.39, 0.29) is 0 Å². The van der Waals surface area contributed by atoms with Crippen molar-refractivity contribution in [1.29, 1.82) is 0 Å². The van der Waals surface area contributed by atoms with Crippen LogP contribution in [0.5, 0.6) is 0 Å². The van der Waals surface area contributed by atoms with Crippen LogP contribution in [0.15, 0.2) is 43.0 Å². The fourth-order valence-corrected chi connectivity index (χ4v) is 2.08. The summed E-state index contributed by atoms with van der Waals surface area (Å²) in [5.41, 5.74) is 0.433. The molecule has 1 amide bonds. The van der Waals surface area contributed by atoms with Gasteiger partial charge in [0.25, 0.3) is 0 Å². The van der Waals surface area contributed by atoms with Crippen molar-refractivity contribution in [2.75, 3.05) is 23.3 Å². The lowest BCUT2D eigenvalue weighted by Crippen LogP contribution is -2.30. The summed E-state index contributed by atoms with van der Waals surface area (Å²) in [6.45, 7) is 9.01. The zero-order chi connectivity index (χ0) is 16.9. The number of rotatable bonds is 3. The Bertz CT molecular complexity index is 605. The first-order chi connectivity index (χ1) is 10.9. The lowest BCUT2D eigenvalue weighted by Gasteiger charge is -2.23. The zero-order valence-corrected chi connectivity index (χ0v) is 14.1. The number of nitrogens with zero attached hydrogens (tertiary/aromatic N) is 3. The molecular formula is C17H24N4O2. The first-order valence-electron chi connectivity index (χ1n) is 7.72. The number of carbonyl (C=O) groups is 1. The van der Waals surface area contributed by atoms with Crippen molar-refractivity contribution in [3.05, 3.63) is 43.0 Å². The van der Waals surface area contributed by atoms with Gasteiger partial charge in [-0.05, 0) is 45.9 Å². The molecule has 6 heteroatoms. The Morgan fingerprint density at radius 3 is 2.83 bits per heavy atom. The second kappa shape index (κ2) is 7.17. The molecule has 1 aromatic heterocycles. The molecule has 0 saturated heterocycles. The Balaban J connectivity index is 2.16. The average Bonchev–Trinajstić information content (AvgIpc) is 2.72. The molecule has 1 N–H and O–H groups in total. The van der Waals surface area contributed by atoms with E-state index < -0.39 is 11.7 Å². The number of hydrogen-bond acceptors (Lipinski definition) is 5. The molecule has 1 aromatic rings.